The van der Waals surface area contributed by atoms with Gasteiger partial charge in [0.05, 0.1) is 41.1 Å². The number of non-ortho nitro benzene ring substituents is 1. The molecule has 3 rings (SSSR count). The van der Waals surface area contributed by atoms with Crippen molar-refractivity contribution in [2.24, 2.45) is 22.9 Å². The Bertz CT molecular complexity index is 1180. The number of hydrazone groups is 1. The van der Waals surface area contributed by atoms with Crippen LogP contribution in [0.3, 0.4) is 0 Å². The van der Waals surface area contributed by atoms with Gasteiger partial charge in [-0.05, 0) is 25.1 Å². The lowest BCUT2D eigenvalue weighted by atomic mass is 10.2. The number of nitro benzene ring substituents is 1. The summed E-state index contributed by atoms with van der Waals surface area (Å²) >= 11 is 0. The molecule has 0 aromatic heterocycles. The summed E-state index contributed by atoms with van der Waals surface area (Å²) in [5, 5.41) is 16.8. The van der Waals surface area contributed by atoms with Gasteiger partial charge in [-0.1, -0.05) is 18.2 Å². The summed E-state index contributed by atoms with van der Waals surface area (Å²) in [5.41, 5.74) is 1.18. The third-order valence-electron chi connectivity index (χ3n) is 5.11. The Morgan fingerprint density at radius 3 is 2.43 bits per heavy atom. The van der Waals surface area contributed by atoms with E-state index in [1.165, 1.54) is 37.3 Å². The highest BCUT2D eigenvalue weighted by Gasteiger charge is 2.63. The molecule has 0 bridgehead atoms. The standard InChI is InChI=1S/C22H19F3N4O6/c1-2-35-21(32)18-16(19(30)27-14-7-4-6-13(10-14)22(23,24)25)17(18)20(31)28-26-11-12-5-3-8-15(9-12)29(33)34/h3-11,16-18H,2H2,1H3,(H,27,30)(H,28,31)/t16-,17+,18+/m0/s1. The van der Waals surface area contributed by atoms with Crippen LogP contribution in [0.15, 0.2) is 53.6 Å². The molecule has 2 N–H and O–H groups in total. The summed E-state index contributed by atoms with van der Waals surface area (Å²) in [5.74, 6) is -5.92. The summed E-state index contributed by atoms with van der Waals surface area (Å²) in [7, 11) is 0. The van der Waals surface area contributed by atoms with Gasteiger partial charge in [0.25, 0.3) is 5.69 Å². The molecule has 2 aromatic rings. The molecule has 0 unspecified atom stereocenters. The zero-order valence-electron chi connectivity index (χ0n) is 18.1. The van der Waals surface area contributed by atoms with E-state index in [9.17, 15) is 37.7 Å². The van der Waals surface area contributed by atoms with Crippen LogP contribution in [0.4, 0.5) is 24.5 Å². The number of hydrogen-bond donors (Lipinski definition) is 2. The fourth-order valence-electron chi connectivity index (χ4n) is 3.46. The lowest BCUT2D eigenvalue weighted by Gasteiger charge is -2.10. The molecule has 1 aliphatic carbocycles. The number of anilines is 1. The molecular formula is C22H19F3N4O6. The molecule has 0 heterocycles. The van der Waals surface area contributed by atoms with Crippen molar-refractivity contribution < 1.29 is 37.2 Å². The van der Waals surface area contributed by atoms with Gasteiger partial charge in [-0.3, -0.25) is 24.5 Å². The topological polar surface area (TPSA) is 140 Å². The Labute approximate surface area is 196 Å². The van der Waals surface area contributed by atoms with E-state index in [0.717, 1.165) is 24.4 Å². The number of hydrogen-bond acceptors (Lipinski definition) is 7. The first-order chi connectivity index (χ1) is 16.5. The number of halogens is 3. The second-order valence-electron chi connectivity index (χ2n) is 7.48. The summed E-state index contributed by atoms with van der Waals surface area (Å²) < 4.78 is 43.7. The Hall–Kier alpha value is -4.29. The quantitative estimate of drug-likeness (QED) is 0.251. The predicted octanol–water partition coefficient (Wildman–Crippen LogP) is 3.13. The molecule has 2 aromatic carbocycles. The highest BCUT2D eigenvalue weighted by molar-refractivity contribution is 6.05. The van der Waals surface area contributed by atoms with Gasteiger partial charge < -0.3 is 10.1 Å². The Morgan fingerprint density at radius 2 is 1.77 bits per heavy atom. The number of carbonyl (C=O) groups is 3. The maximum Gasteiger partial charge on any atom is 0.416 e. The van der Waals surface area contributed by atoms with Crippen LogP contribution < -0.4 is 10.7 Å². The average molecular weight is 492 g/mol. The van der Waals surface area contributed by atoms with Crippen LogP contribution >= 0.6 is 0 Å². The minimum Gasteiger partial charge on any atom is -0.466 e. The van der Waals surface area contributed by atoms with Crippen molar-refractivity contribution in [1.29, 1.82) is 0 Å². The Balaban J connectivity index is 1.70. The van der Waals surface area contributed by atoms with Gasteiger partial charge in [0.2, 0.25) is 11.8 Å². The maximum absolute atomic E-state index is 12.9. The van der Waals surface area contributed by atoms with Crippen molar-refractivity contribution in [3.8, 4) is 0 Å². The van der Waals surface area contributed by atoms with E-state index < -0.39 is 52.2 Å². The van der Waals surface area contributed by atoms with E-state index >= 15 is 0 Å². The monoisotopic (exact) mass is 492 g/mol. The number of rotatable bonds is 8. The maximum atomic E-state index is 12.9. The first-order valence-corrected chi connectivity index (χ1v) is 10.2. The second-order valence-corrected chi connectivity index (χ2v) is 7.48. The van der Waals surface area contributed by atoms with Crippen molar-refractivity contribution >= 4 is 35.4 Å². The normalized spacial score (nSPS) is 19.1. The van der Waals surface area contributed by atoms with Crippen LogP contribution in [0.25, 0.3) is 0 Å². The molecule has 2 amide bonds. The van der Waals surface area contributed by atoms with E-state index in [0.29, 0.717) is 5.56 Å². The van der Waals surface area contributed by atoms with Gasteiger partial charge in [-0.2, -0.15) is 18.3 Å². The van der Waals surface area contributed by atoms with Crippen LogP contribution in [0.2, 0.25) is 0 Å². The van der Waals surface area contributed by atoms with Crippen LogP contribution in [0.1, 0.15) is 18.1 Å². The third kappa shape index (κ3) is 6.19. The van der Waals surface area contributed by atoms with Gasteiger partial charge >= 0.3 is 12.1 Å². The number of amides is 2. The molecule has 1 fully saturated rings. The van der Waals surface area contributed by atoms with Crippen molar-refractivity contribution in [2.75, 3.05) is 11.9 Å². The molecular weight excluding hydrogens is 473 g/mol. The summed E-state index contributed by atoms with van der Waals surface area (Å²) in [4.78, 5) is 47.7. The molecule has 3 atom stereocenters. The van der Waals surface area contributed by atoms with Crippen LogP contribution in [0.5, 0.6) is 0 Å². The molecule has 1 aliphatic rings. The van der Waals surface area contributed by atoms with Crippen molar-refractivity contribution in [3.05, 3.63) is 69.8 Å². The number of nitrogens with one attached hydrogen (secondary N) is 2. The largest absolute Gasteiger partial charge is 0.466 e. The van der Waals surface area contributed by atoms with Crippen molar-refractivity contribution in [3.63, 3.8) is 0 Å². The van der Waals surface area contributed by atoms with Gasteiger partial charge in [0, 0.05) is 23.4 Å². The van der Waals surface area contributed by atoms with Crippen LogP contribution in [-0.4, -0.2) is 35.5 Å². The number of nitrogens with zero attached hydrogens (tertiary/aromatic N) is 2. The molecule has 10 nitrogen and oxygen atoms in total. The first-order valence-electron chi connectivity index (χ1n) is 10.2. The van der Waals surface area contributed by atoms with Crippen molar-refractivity contribution in [1.82, 2.24) is 5.43 Å². The fourth-order valence-corrected chi connectivity index (χ4v) is 3.46. The van der Waals surface area contributed by atoms with E-state index in [4.69, 9.17) is 4.74 Å². The van der Waals surface area contributed by atoms with Crippen LogP contribution in [0, 0.1) is 27.9 Å². The number of carbonyl (C=O) groups excluding carboxylic acids is 3. The highest BCUT2D eigenvalue weighted by atomic mass is 19.4. The van der Waals surface area contributed by atoms with E-state index in [2.05, 4.69) is 15.8 Å². The molecule has 0 aliphatic heterocycles. The Kier molecular flexibility index (Phi) is 7.47. The van der Waals surface area contributed by atoms with Gasteiger partial charge in [-0.25, -0.2) is 5.43 Å². The molecule has 35 heavy (non-hydrogen) atoms. The summed E-state index contributed by atoms with van der Waals surface area (Å²) in [6.45, 7) is 1.53. The number of ether oxygens (including phenoxy) is 1. The predicted molar refractivity (Wildman–Crippen MR) is 116 cm³/mol. The van der Waals surface area contributed by atoms with E-state index in [1.807, 2.05) is 0 Å². The zero-order valence-corrected chi connectivity index (χ0v) is 18.1. The fraction of sp³-hybridized carbons (Fsp3) is 0.273. The highest BCUT2D eigenvalue weighted by Crippen LogP contribution is 2.48. The smallest absolute Gasteiger partial charge is 0.416 e. The lowest BCUT2D eigenvalue weighted by molar-refractivity contribution is -0.384. The average Bonchev–Trinajstić information content (AvgIpc) is 3.55. The SMILES string of the molecule is CCOC(=O)[C@H]1[C@H](C(=O)NN=Cc2cccc([N+](=O)[O-])c2)[C@@H]1C(=O)Nc1cccc(C(F)(F)F)c1. The zero-order chi connectivity index (χ0) is 25.8. The number of benzene rings is 2. The minimum atomic E-state index is -4.62. The van der Waals surface area contributed by atoms with Gasteiger partial charge in [-0.15, -0.1) is 0 Å². The van der Waals surface area contributed by atoms with Crippen LogP contribution in [-0.2, 0) is 25.3 Å². The van der Waals surface area contributed by atoms with Gasteiger partial charge in [0.15, 0.2) is 0 Å². The van der Waals surface area contributed by atoms with Gasteiger partial charge in [0.1, 0.15) is 0 Å². The molecule has 0 radical (unpaired) electrons. The lowest BCUT2D eigenvalue weighted by Crippen LogP contribution is -2.24. The second kappa shape index (κ2) is 10.3. The van der Waals surface area contributed by atoms with Crippen molar-refractivity contribution in [2.45, 2.75) is 13.1 Å². The summed E-state index contributed by atoms with van der Waals surface area (Å²) in [6, 6.07) is 9.35. The molecule has 0 saturated heterocycles. The number of nitro groups is 1. The Morgan fingerprint density at radius 1 is 1.09 bits per heavy atom. The molecule has 184 valence electrons. The summed E-state index contributed by atoms with van der Waals surface area (Å²) in [6.07, 6.45) is -3.47. The molecule has 13 heteroatoms. The molecule has 0 spiro atoms. The number of alkyl halides is 3. The minimum absolute atomic E-state index is 0.00339. The number of esters is 1. The third-order valence-corrected chi connectivity index (χ3v) is 5.11. The first kappa shape index (κ1) is 25.3. The van der Waals surface area contributed by atoms with E-state index in [-0.39, 0.29) is 18.0 Å². The molecule has 1 saturated carbocycles. The van der Waals surface area contributed by atoms with E-state index in [1.54, 1.807) is 0 Å².